The van der Waals surface area contributed by atoms with Crippen molar-refractivity contribution in [3.8, 4) is 0 Å². The van der Waals surface area contributed by atoms with Gasteiger partial charge in [0.1, 0.15) is 0 Å². The Morgan fingerprint density at radius 2 is 1.76 bits per heavy atom. The van der Waals surface area contributed by atoms with Crippen LogP contribution >= 0.6 is 0 Å². The van der Waals surface area contributed by atoms with Crippen LogP contribution in [0.3, 0.4) is 0 Å². The van der Waals surface area contributed by atoms with E-state index in [0.29, 0.717) is 11.6 Å². The lowest BCUT2D eigenvalue weighted by Gasteiger charge is -2.49. The highest BCUT2D eigenvalue weighted by atomic mass is 15.2. The molecule has 0 bridgehead atoms. The van der Waals surface area contributed by atoms with Crippen molar-refractivity contribution in [2.24, 2.45) is 17.8 Å². The maximum absolute atomic E-state index is 2.81. The van der Waals surface area contributed by atoms with Gasteiger partial charge in [-0.2, -0.15) is 0 Å². The predicted molar refractivity (Wildman–Crippen MR) is 92.6 cm³/mol. The van der Waals surface area contributed by atoms with Crippen LogP contribution < -0.4 is 0 Å². The van der Waals surface area contributed by atoms with Gasteiger partial charge in [-0.15, -0.1) is 0 Å². The summed E-state index contributed by atoms with van der Waals surface area (Å²) in [4.78, 5) is 5.49. The van der Waals surface area contributed by atoms with Crippen LogP contribution in [0, 0.1) is 17.8 Å². The Bertz CT molecular complexity index is 322. The summed E-state index contributed by atoms with van der Waals surface area (Å²) in [6.45, 7) is 19.7. The standard InChI is InChI=1S/C19H38N2/c1-15(2)18-9-11-21(19(5,6)12-18)14-17-8-7-10-20(13-17)16(3)4/h15-18H,7-14H2,1-6H3/t17-,18+/m0/s1. The summed E-state index contributed by atoms with van der Waals surface area (Å²) < 4.78 is 0. The van der Waals surface area contributed by atoms with Crippen LogP contribution in [0.1, 0.15) is 67.2 Å². The lowest BCUT2D eigenvalue weighted by Crippen LogP contribution is -2.54. The third-order valence-corrected chi connectivity index (χ3v) is 6.09. The van der Waals surface area contributed by atoms with Gasteiger partial charge in [0.05, 0.1) is 0 Å². The zero-order valence-corrected chi connectivity index (χ0v) is 15.4. The molecule has 21 heavy (non-hydrogen) atoms. The first-order valence-corrected chi connectivity index (χ1v) is 9.28. The quantitative estimate of drug-likeness (QED) is 0.764. The Hall–Kier alpha value is -0.0800. The van der Waals surface area contributed by atoms with E-state index < -0.39 is 0 Å². The maximum Gasteiger partial charge on any atom is 0.0156 e. The predicted octanol–water partition coefficient (Wildman–Crippen LogP) is 4.25. The normalized spacial score (nSPS) is 32.0. The van der Waals surface area contributed by atoms with Gasteiger partial charge in [0.15, 0.2) is 0 Å². The summed E-state index contributed by atoms with van der Waals surface area (Å²) in [5.41, 5.74) is 0.396. The van der Waals surface area contributed by atoms with E-state index in [-0.39, 0.29) is 0 Å². The molecule has 0 aliphatic carbocycles. The minimum absolute atomic E-state index is 0.396. The van der Waals surface area contributed by atoms with Crippen molar-refractivity contribution in [2.45, 2.75) is 78.8 Å². The van der Waals surface area contributed by atoms with Crippen LogP contribution in [0.25, 0.3) is 0 Å². The molecule has 2 aliphatic rings. The summed E-state index contributed by atoms with van der Waals surface area (Å²) in [6, 6.07) is 0.715. The van der Waals surface area contributed by atoms with E-state index in [4.69, 9.17) is 0 Å². The average Bonchev–Trinajstić information content (AvgIpc) is 2.41. The SMILES string of the molecule is CC(C)[C@@H]1CCN(C[C@H]2CCCN(C(C)C)C2)C(C)(C)C1. The summed E-state index contributed by atoms with van der Waals surface area (Å²) in [7, 11) is 0. The maximum atomic E-state index is 2.81. The van der Waals surface area contributed by atoms with Gasteiger partial charge in [0, 0.05) is 24.7 Å². The molecule has 0 radical (unpaired) electrons. The van der Waals surface area contributed by atoms with Crippen molar-refractivity contribution < 1.29 is 0 Å². The number of hydrogen-bond acceptors (Lipinski definition) is 2. The molecule has 0 N–H and O–H groups in total. The largest absolute Gasteiger partial charge is 0.301 e. The number of likely N-dealkylation sites (tertiary alicyclic amines) is 2. The molecular weight excluding hydrogens is 256 g/mol. The smallest absolute Gasteiger partial charge is 0.0156 e. The lowest BCUT2D eigenvalue weighted by molar-refractivity contribution is 0.00708. The first-order chi connectivity index (χ1) is 9.79. The van der Waals surface area contributed by atoms with Crippen LogP contribution in [-0.4, -0.2) is 47.6 Å². The summed E-state index contributed by atoms with van der Waals surface area (Å²) in [5.74, 6) is 2.66. The van der Waals surface area contributed by atoms with Crippen LogP contribution in [0.4, 0.5) is 0 Å². The summed E-state index contributed by atoms with van der Waals surface area (Å²) in [6.07, 6.45) is 5.61. The van der Waals surface area contributed by atoms with E-state index in [9.17, 15) is 0 Å². The monoisotopic (exact) mass is 294 g/mol. The number of piperidine rings is 2. The molecule has 0 unspecified atom stereocenters. The fourth-order valence-corrected chi connectivity index (χ4v) is 4.43. The molecule has 0 aromatic carbocycles. The first-order valence-electron chi connectivity index (χ1n) is 9.28. The van der Waals surface area contributed by atoms with E-state index >= 15 is 0 Å². The van der Waals surface area contributed by atoms with Crippen molar-refractivity contribution in [3.05, 3.63) is 0 Å². The highest BCUT2D eigenvalue weighted by molar-refractivity contribution is 4.92. The Balaban J connectivity index is 1.90. The van der Waals surface area contributed by atoms with Crippen molar-refractivity contribution in [1.29, 1.82) is 0 Å². The van der Waals surface area contributed by atoms with Crippen molar-refractivity contribution in [2.75, 3.05) is 26.2 Å². The molecule has 2 aliphatic heterocycles. The second kappa shape index (κ2) is 7.00. The van der Waals surface area contributed by atoms with E-state index in [1.807, 2.05) is 0 Å². The molecule has 124 valence electrons. The van der Waals surface area contributed by atoms with Crippen LogP contribution in [0.5, 0.6) is 0 Å². The van der Waals surface area contributed by atoms with Gasteiger partial charge in [0.25, 0.3) is 0 Å². The van der Waals surface area contributed by atoms with Crippen molar-refractivity contribution in [1.82, 2.24) is 9.80 Å². The van der Waals surface area contributed by atoms with E-state index in [0.717, 1.165) is 17.8 Å². The van der Waals surface area contributed by atoms with E-state index in [1.165, 1.54) is 51.9 Å². The second-order valence-corrected chi connectivity index (χ2v) is 8.85. The van der Waals surface area contributed by atoms with Crippen LogP contribution in [0.2, 0.25) is 0 Å². The molecule has 0 amide bonds. The lowest BCUT2D eigenvalue weighted by atomic mass is 9.76. The molecule has 0 aromatic rings. The molecule has 2 saturated heterocycles. The molecule has 2 heterocycles. The minimum Gasteiger partial charge on any atom is -0.301 e. The number of nitrogens with zero attached hydrogens (tertiary/aromatic N) is 2. The van der Waals surface area contributed by atoms with Crippen LogP contribution in [0.15, 0.2) is 0 Å². The van der Waals surface area contributed by atoms with Crippen LogP contribution in [-0.2, 0) is 0 Å². The Morgan fingerprint density at radius 1 is 1.05 bits per heavy atom. The first kappa shape index (κ1) is 17.3. The third kappa shape index (κ3) is 4.45. The van der Waals surface area contributed by atoms with Gasteiger partial charge in [-0.1, -0.05) is 13.8 Å². The molecular formula is C19H38N2. The van der Waals surface area contributed by atoms with Gasteiger partial charge < -0.3 is 4.90 Å². The highest BCUT2D eigenvalue weighted by Gasteiger charge is 2.37. The molecule has 0 spiro atoms. The summed E-state index contributed by atoms with van der Waals surface area (Å²) in [5, 5.41) is 0. The molecule has 0 aromatic heterocycles. The fraction of sp³-hybridized carbons (Fsp3) is 1.00. The van der Waals surface area contributed by atoms with Gasteiger partial charge in [-0.25, -0.2) is 0 Å². The number of rotatable bonds is 4. The topological polar surface area (TPSA) is 6.48 Å². The third-order valence-electron chi connectivity index (χ3n) is 6.09. The van der Waals surface area contributed by atoms with Gasteiger partial charge >= 0.3 is 0 Å². The second-order valence-electron chi connectivity index (χ2n) is 8.85. The van der Waals surface area contributed by atoms with E-state index in [2.05, 4.69) is 51.3 Å². The highest BCUT2D eigenvalue weighted by Crippen LogP contribution is 2.36. The van der Waals surface area contributed by atoms with Gasteiger partial charge in [-0.3, -0.25) is 4.90 Å². The summed E-state index contributed by atoms with van der Waals surface area (Å²) >= 11 is 0. The van der Waals surface area contributed by atoms with Crippen molar-refractivity contribution in [3.63, 3.8) is 0 Å². The Morgan fingerprint density at radius 3 is 2.33 bits per heavy atom. The molecule has 2 heteroatoms. The minimum atomic E-state index is 0.396. The molecule has 0 saturated carbocycles. The fourth-order valence-electron chi connectivity index (χ4n) is 4.43. The zero-order valence-electron chi connectivity index (χ0n) is 15.4. The molecule has 2 rings (SSSR count). The van der Waals surface area contributed by atoms with E-state index in [1.54, 1.807) is 0 Å². The Kier molecular flexibility index (Phi) is 5.76. The molecule has 2 nitrogen and oxygen atoms in total. The number of hydrogen-bond donors (Lipinski definition) is 0. The van der Waals surface area contributed by atoms with Gasteiger partial charge in [0.2, 0.25) is 0 Å². The molecule has 2 atom stereocenters. The van der Waals surface area contributed by atoms with Crippen molar-refractivity contribution >= 4 is 0 Å². The van der Waals surface area contributed by atoms with Gasteiger partial charge in [-0.05, 0) is 84.2 Å². The average molecular weight is 295 g/mol. The molecule has 2 fully saturated rings. The zero-order chi connectivity index (χ0) is 15.6. The Labute approximate surface area is 133 Å².